The van der Waals surface area contributed by atoms with Crippen LogP contribution in [0.2, 0.25) is 0 Å². The van der Waals surface area contributed by atoms with Gasteiger partial charge in [-0.1, -0.05) is 13.3 Å². The van der Waals surface area contributed by atoms with Gasteiger partial charge in [-0.25, -0.2) is 0 Å². The second kappa shape index (κ2) is 5.32. The molecule has 0 saturated carbocycles. The molecule has 14 heavy (non-hydrogen) atoms. The van der Waals surface area contributed by atoms with E-state index in [-0.39, 0.29) is 11.4 Å². The first-order valence-electron chi connectivity index (χ1n) is 5.48. The summed E-state index contributed by atoms with van der Waals surface area (Å²) < 4.78 is 0. The number of hydrogen-bond acceptors (Lipinski definition) is 3. The summed E-state index contributed by atoms with van der Waals surface area (Å²) in [6, 6.07) is 0. The van der Waals surface area contributed by atoms with Crippen molar-refractivity contribution >= 4 is 5.91 Å². The lowest BCUT2D eigenvalue weighted by Gasteiger charge is -2.27. The van der Waals surface area contributed by atoms with Crippen molar-refractivity contribution in [2.45, 2.75) is 38.1 Å². The fourth-order valence-corrected chi connectivity index (χ4v) is 2.11. The molecule has 1 heterocycles. The summed E-state index contributed by atoms with van der Waals surface area (Å²) >= 11 is 0. The fraction of sp³-hybridized carbons (Fsp3) is 0.900. The highest BCUT2D eigenvalue weighted by atomic mass is 16.2. The van der Waals surface area contributed by atoms with E-state index in [1.54, 1.807) is 0 Å². The molecule has 1 atom stereocenters. The van der Waals surface area contributed by atoms with Crippen molar-refractivity contribution in [2.24, 2.45) is 5.73 Å². The third-order valence-corrected chi connectivity index (χ3v) is 2.79. The zero-order chi connectivity index (χ0) is 10.4. The van der Waals surface area contributed by atoms with E-state index in [4.69, 9.17) is 5.73 Å². The van der Waals surface area contributed by atoms with Crippen molar-refractivity contribution in [3.63, 3.8) is 0 Å². The van der Waals surface area contributed by atoms with Gasteiger partial charge in [-0.15, -0.1) is 0 Å². The van der Waals surface area contributed by atoms with Crippen LogP contribution >= 0.6 is 0 Å². The van der Waals surface area contributed by atoms with Crippen molar-refractivity contribution < 1.29 is 4.79 Å². The largest absolute Gasteiger partial charge is 0.353 e. The Morgan fingerprint density at radius 3 is 2.93 bits per heavy atom. The quantitative estimate of drug-likeness (QED) is 0.583. The van der Waals surface area contributed by atoms with Crippen molar-refractivity contribution in [2.75, 3.05) is 19.6 Å². The number of carbonyl (C=O) groups excluding carboxylic acids is 1. The van der Waals surface area contributed by atoms with Crippen LogP contribution in [0.3, 0.4) is 0 Å². The van der Waals surface area contributed by atoms with Gasteiger partial charge in [-0.2, -0.15) is 0 Å². The second-order valence-electron chi connectivity index (χ2n) is 3.91. The standard InChI is InChI=1S/C10H21N3O/c1-2-4-10(5-3-7-13-10)9(14)12-8-6-11/h13H,2-8,11H2,1H3,(H,12,14). The van der Waals surface area contributed by atoms with Gasteiger partial charge in [0.05, 0.1) is 5.54 Å². The van der Waals surface area contributed by atoms with E-state index in [0.29, 0.717) is 13.1 Å². The molecule has 1 amide bonds. The van der Waals surface area contributed by atoms with Crippen LogP contribution in [0.4, 0.5) is 0 Å². The first-order valence-corrected chi connectivity index (χ1v) is 5.48. The lowest BCUT2D eigenvalue weighted by molar-refractivity contribution is -0.127. The molecule has 82 valence electrons. The van der Waals surface area contributed by atoms with E-state index in [9.17, 15) is 4.79 Å². The lowest BCUT2D eigenvalue weighted by atomic mass is 9.91. The van der Waals surface area contributed by atoms with Gasteiger partial charge in [-0.3, -0.25) is 4.79 Å². The Bertz CT molecular complexity index is 188. The van der Waals surface area contributed by atoms with Gasteiger partial charge in [0.1, 0.15) is 0 Å². The van der Waals surface area contributed by atoms with Gasteiger partial charge in [0, 0.05) is 13.1 Å². The van der Waals surface area contributed by atoms with Crippen LogP contribution in [0.5, 0.6) is 0 Å². The first kappa shape index (κ1) is 11.5. The monoisotopic (exact) mass is 199 g/mol. The molecule has 1 fully saturated rings. The molecule has 0 aromatic rings. The number of amides is 1. The van der Waals surface area contributed by atoms with Crippen molar-refractivity contribution in [3.05, 3.63) is 0 Å². The molecular weight excluding hydrogens is 178 g/mol. The summed E-state index contributed by atoms with van der Waals surface area (Å²) in [5.74, 6) is 0.127. The molecule has 4 heteroatoms. The summed E-state index contributed by atoms with van der Waals surface area (Å²) in [7, 11) is 0. The van der Waals surface area contributed by atoms with E-state index < -0.39 is 0 Å². The van der Waals surface area contributed by atoms with Crippen LogP contribution in [-0.4, -0.2) is 31.1 Å². The zero-order valence-electron chi connectivity index (χ0n) is 8.94. The van der Waals surface area contributed by atoms with Gasteiger partial charge >= 0.3 is 0 Å². The average molecular weight is 199 g/mol. The maximum absolute atomic E-state index is 11.9. The number of nitrogens with two attached hydrogens (primary N) is 1. The maximum atomic E-state index is 11.9. The number of rotatable bonds is 5. The molecule has 1 saturated heterocycles. The van der Waals surface area contributed by atoms with E-state index in [0.717, 1.165) is 32.2 Å². The molecular formula is C10H21N3O. The molecule has 1 aliphatic heterocycles. The summed E-state index contributed by atoms with van der Waals surface area (Å²) in [6.07, 6.45) is 4.00. The summed E-state index contributed by atoms with van der Waals surface area (Å²) in [4.78, 5) is 11.9. The lowest BCUT2D eigenvalue weighted by Crippen LogP contribution is -2.54. The van der Waals surface area contributed by atoms with Gasteiger partial charge in [-0.05, 0) is 25.8 Å². The van der Waals surface area contributed by atoms with E-state index >= 15 is 0 Å². The van der Waals surface area contributed by atoms with Crippen LogP contribution in [0.25, 0.3) is 0 Å². The first-order chi connectivity index (χ1) is 6.75. The Labute approximate surface area is 85.6 Å². The van der Waals surface area contributed by atoms with Crippen molar-refractivity contribution in [1.82, 2.24) is 10.6 Å². The highest BCUT2D eigenvalue weighted by Crippen LogP contribution is 2.24. The summed E-state index contributed by atoms with van der Waals surface area (Å²) in [5, 5.41) is 6.20. The summed E-state index contributed by atoms with van der Waals surface area (Å²) in [6.45, 7) is 4.15. The van der Waals surface area contributed by atoms with Crippen LogP contribution in [0.15, 0.2) is 0 Å². The Hall–Kier alpha value is -0.610. The average Bonchev–Trinajstić information content (AvgIpc) is 2.64. The van der Waals surface area contributed by atoms with Gasteiger partial charge in [0.25, 0.3) is 0 Å². The molecule has 0 aliphatic carbocycles. The molecule has 1 rings (SSSR count). The van der Waals surface area contributed by atoms with E-state index in [1.165, 1.54) is 0 Å². The van der Waals surface area contributed by atoms with Gasteiger partial charge < -0.3 is 16.4 Å². The maximum Gasteiger partial charge on any atom is 0.240 e. The van der Waals surface area contributed by atoms with Crippen LogP contribution in [-0.2, 0) is 4.79 Å². The SMILES string of the molecule is CCCC1(C(=O)NCCN)CCCN1. The number of carbonyl (C=O) groups is 1. The fourth-order valence-electron chi connectivity index (χ4n) is 2.11. The summed E-state index contributed by atoms with van der Waals surface area (Å²) in [5.41, 5.74) is 5.06. The van der Waals surface area contributed by atoms with Crippen LogP contribution in [0.1, 0.15) is 32.6 Å². The molecule has 0 aromatic heterocycles. The Kier molecular flexibility index (Phi) is 4.35. The van der Waals surface area contributed by atoms with E-state index in [1.807, 2.05) is 0 Å². The zero-order valence-corrected chi connectivity index (χ0v) is 8.94. The highest BCUT2D eigenvalue weighted by Gasteiger charge is 2.39. The predicted octanol–water partition coefficient (Wildman–Crippen LogP) is -0.0164. The molecule has 0 radical (unpaired) electrons. The van der Waals surface area contributed by atoms with Crippen LogP contribution in [0, 0.1) is 0 Å². The van der Waals surface area contributed by atoms with Crippen molar-refractivity contribution in [3.8, 4) is 0 Å². The molecule has 4 N–H and O–H groups in total. The minimum atomic E-state index is -0.302. The van der Waals surface area contributed by atoms with Crippen molar-refractivity contribution in [1.29, 1.82) is 0 Å². The predicted molar refractivity (Wildman–Crippen MR) is 56.9 cm³/mol. The second-order valence-corrected chi connectivity index (χ2v) is 3.91. The van der Waals surface area contributed by atoms with Gasteiger partial charge in [0.2, 0.25) is 5.91 Å². The minimum absolute atomic E-state index is 0.127. The Balaban J connectivity index is 2.52. The topological polar surface area (TPSA) is 67.2 Å². The molecule has 1 unspecified atom stereocenters. The third kappa shape index (κ3) is 2.45. The number of hydrogen-bond donors (Lipinski definition) is 3. The Morgan fingerprint density at radius 1 is 1.64 bits per heavy atom. The van der Waals surface area contributed by atoms with E-state index in [2.05, 4.69) is 17.6 Å². The van der Waals surface area contributed by atoms with Gasteiger partial charge in [0.15, 0.2) is 0 Å². The normalized spacial score (nSPS) is 26.4. The molecule has 0 bridgehead atoms. The minimum Gasteiger partial charge on any atom is -0.353 e. The molecule has 0 spiro atoms. The highest BCUT2D eigenvalue weighted by molar-refractivity contribution is 5.86. The number of nitrogens with one attached hydrogen (secondary N) is 2. The van der Waals surface area contributed by atoms with Crippen LogP contribution < -0.4 is 16.4 Å². The molecule has 1 aliphatic rings. The molecule has 0 aromatic carbocycles. The molecule has 4 nitrogen and oxygen atoms in total. The third-order valence-electron chi connectivity index (χ3n) is 2.79. The smallest absolute Gasteiger partial charge is 0.240 e. The Morgan fingerprint density at radius 2 is 2.43 bits per heavy atom.